The molecule has 3 rings (SSSR count). The third kappa shape index (κ3) is 3.72. The van der Waals surface area contributed by atoms with E-state index in [0.717, 1.165) is 11.1 Å². The summed E-state index contributed by atoms with van der Waals surface area (Å²) in [6.07, 6.45) is 1.05. The zero-order valence-corrected chi connectivity index (χ0v) is 12.7. The third-order valence-corrected chi connectivity index (χ3v) is 3.86. The topological polar surface area (TPSA) is 17.1 Å². The van der Waals surface area contributed by atoms with Gasteiger partial charge in [0, 0.05) is 17.5 Å². The van der Waals surface area contributed by atoms with E-state index in [4.69, 9.17) is 0 Å². The van der Waals surface area contributed by atoms with Gasteiger partial charge in [-0.15, -0.1) is 0 Å². The molecule has 0 fully saturated rings. The summed E-state index contributed by atoms with van der Waals surface area (Å²) in [5, 5.41) is 0. The van der Waals surface area contributed by atoms with Crippen molar-refractivity contribution in [3.05, 3.63) is 95.8 Å². The maximum atomic E-state index is 14.3. The first-order valence-electron chi connectivity index (χ1n) is 7.66. The molecule has 114 valence electrons. The van der Waals surface area contributed by atoms with Crippen molar-refractivity contribution < 1.29 is 9.18 Å². The van der Waals surface area contributed by atoms with Gasteiger partial charge in [-0.05, 0) is 23.6 Å². The highest BCUT2D eigenvalue weighted by atomic mass is 19.1. The van der Waals surface area contributed by atoms with E-state index in [9.17, 15) is 9.18 Å². The van der Waals surface area contributed by atoms with Crippen LogP contribution in [0.3, 0.4) is 0 Å². The molecule has 23 heavy (non-hydrogen) atoms. The maximum absolute atomic E-state index is 14.3. The van der Waals surface area contributed by atoms with Crippen LogP contribution in [-0.2, 0) is 6.42 Å². The van der Waals surface area contributed by atoms with Crippen molar-refractivity contribution in [3.8, 4) is 11.1 Å². The Hall–Kier alpha value is -2.74. The fourth-order valence-electron chi connectivity index (χ4n) is 2.59. The fraction of sp³-hybridized carbons (Fsp3) is 0.0952. The summed E-state index contributed by atoms with van der Waals surface area (Å²) in [5.74, 6) is -0.394. The summed E-state index contributed by atoms with van der Waals surface area (Å²) >= 11 is 0. The molecule has 2 heteroatoms. The van der Waals surface area contributed by atoms with E-state index in [1.54, 1.807) is 12.1 Å². The summed E-state index contributed by atoms with van der Waals surface area (Å²) < 4.78 is 14.3. The van der Waals surface area contributed by atoms with Gasteiger partial charge in [0.1, 0.15) is 5.82 Å². The molecular formula is C21H17FO. The molecule has 3 aromatic rings. The van der Waals surface area contributed by atoms with Gasteiger partial charge in [-0.3, -0.25) is 4.79 Å². The Morgan fingerprint density at radius 2 is 1.48 bits per heavy atom. The number of ketones is 1. The van der Waals surface area contributed by atoms with Gasteiger partial charge in [-0.1, -0.05) is 72.8 Å². The summed E-state index contributed by atoms with van der Waals surface area (Å²) in [5.41, 5.74) is 2.87. The zero-order chi connectivity index (χ0) is 16.1. The van der Waals surface area contributed by atoms with Gasteiger partial charge in [0.15, 0.2) is 5.78 Å². The van der Waals surface area contributed by atoms with Gasteiger partial charge in [0.05, 0.1) is 0 Å². The number of hydrogen-bond donors (Lipinski definition) is 0. The molecule has 0 aliphatic carbocycles. The third-order valence-electron chi connectivity index (χ3n) is 3.86. The molecule has 0 saturated heterocycles. The first-order valence-corrected chi connectivity index (χ1v) is 7.66. The predicted molar refractivity (Wildman–Crippen MR) is 90.9 cm³/mol. The number of halogens is 1. The van der Waals surface area contributed by atoms with Gasteiger partial charge in [0.25, 0.3) is 0 Å². The van der Waals surface area contributed by atoms with Crippen LogP contribution in [0.25, 0.3) is 11.1 Å². The first kappa shape index (κ1) is 15.2. The van der Waals surface area contributed by atoms with Gasteiger partial charge >= 0.3 is 0 Å². The van der Waals surface area contributed by atoms with Crippen LogP contribution in [0.4, 0.5) is 4.39 Å². The van der Waals surface area contributed by atoms with Crippen molar-refractivity contribution in [3.63, 3.8) is 0 Å². The van der Waals surface area contributed by atoms with Crippen molar-refractivity contribution >= 4 is 5.78 Å². The van der Waals surface area contributed by atoms with Crippen LogP contribution < -0.4 is 0 Å². The molecule has 3 aromatic carbocycles. The molecule has 0 saturated carbocycles. The molecule has 0 radical (unpaired) electrons. The maximum Gasteiger partial charge on any atom is 0.163 e. The van der Waals surface area contributed by atoms with Gasteiger partial charge in [-0.25, -0.2) is 4.39 Å². The molecule has 0 aliphatic heterocycles. The number of carbonyl (C=O) groups is 1. The molecule has 1 nitrogen and oxygen atoms in total. The Labute approximate surface area is 135 Å². The van der Waals surface area contributed by atoms with Crippen LogP contribution >= 0.6 is 0 Å². The predicted octanol–water partition coefficient (Wildman–Crippen LogP) is 5.31. The Kier molecular flexibility index (Phi) is 4.62. The average molecular weight is 304 g/mol. The van der Waals surface area contributed by atoms with Crippen LogP contribution in [0.15, 0.2) is 78.9 Å². The minimum Gasteiger partial charge on any atom is -0.294 e. The molecule has 0 amide bonds. The van der Waals surface area contributed by atoms with Crippen molar-refractivity contribution in [2.45, 2.75) is 12.8 Å². The standard InChI is InChI=1S/C21H17FO/c22-20-15-18(12-13-19(20)17-9-5-2-6-10-17)21(23)14-11-16-7-3-1-4-8-16/h1-10,12-13,15H,11,14H2. The largest absolute Gasteiger partial charge is 0.294 e. The second kappa shape index (κ2) is 7.01. The van der Waals surface area contributed by atoms with E-state index >= 15 is 0 Å². The highest BCUT2D eigenvalue weighted by Gasteiger charge is 2.11. The second-order valence-corrected chi connectivity index (χ2v) is 5.47. The normalized spacial score (nSPS) is 10.5. The average Bonchev–Trinajstić information content (AvgIpc) is 2.61. The number of aryl methyl sites for hydroxylation is 1. The monoisotopic (exact) mass is 304 g/mol. The lowest BCUT2D eigenvalue weighted by Gasteiger charge is -2.06. The van der Waals surface area contributed by atoms with Gasteiger partial charge < -0.3 is 0 Å². The Morgan fingerprint density at radius 1 is 0.826 bits per heavy atom. The summed E-state index contributed by atoms with van der Waals surface area (Å²) in [7, 11) is 0. The van der Waals surface area contributed by atoms with E-state index in [1.807, 2.05) is 60.7 Å². The van der Waals surface area contributed by atoms with E-state index in [1.165, 1.54) is 6.07 Å². The van der Waals surface area contributed by atoms with Crippen molar-refractivity contribution in [1.82, 2.24) is 0 Å². The van der Waals surface area contributed by atoms with Crippen LogP contribution in [0.1, 0.15) is 22.3 Å². The minimum atomic E-state index is -0.359. The molecule has 0 heterocycles. The lowest BCUT2D eigenvalue weighted by atomic mass is 9.99. The Morgan fingerprint density at radius 3 is 2.13 bits per heavy atom. The van der Waals surface area contributed by atoms with E-state index in [-0.39, 0.29) is 11.6 Å². The molecule has 0 bridgehead atoms. The molecule has 0 spiro atoms. The molecular weight excluding hydrogens is 287 g/mol. The molecule has 0 unspecified atom stereocenters. The molecule has 0 atom stereocenters. The Balaban J connectivity index is 1.73. The summed E-state index contributed by atoms with van der Waals surface area (Å²) in [4.78, 5) is 12.3. The molecule has 0 aromatic heterocycles. The smallest absolute Gasteiger partial charge is 0.163 e. The van der Waals surface area contributed by atoms with Crippen molar-refractivity contribution in [2.24, 2.45) is 0 Å². The second-order valence-electron chi connectivity index (χ2n) is 5.47. The zero-order valence-electron chi connectivity index (χ0n) is 12.7. The molecule has 0 aliphatic rings. The lowest BCUT2D eigenvalue weighted by molar-refractivity contribution is 0.0982. The quantitative estimate of drug-likeness (QED) is 0.584. The number of benzene rings is 3. The minimum absolute atomic E-state index is 0.0348. The van der Waals surface area contributed by atoms with Crippen LogP contribution in [0, 0.1) is 5.82 Å². The van der Waals surface area contributed by atoms with Gasteiger partial charge in [-0.2, -0.15) is 0 Å². The number of Topliss-reactive ketones (excluding diaryl/α,β-unsaturated/α-hetero) is 1. The first-order chi connectivity index (χ1) is 11.2. The fourth-order valence-corrected chi connectivity index (χ4v) is 2.59. The van der Waals surface area contributed by atoms with Crippen LogP contribution in [0.5, 0.6) is 0 Å². The van der Waals surface area contributed by atoms with Gasteiger partial charge in [0.2, 0.25) is 0 Å². The van der Waals surface area contributed by atoms with Crippen LogP contribution in [-0.4, -0.2) is 5.78 Å². The number of carbonyl (C=O) groups excluding carboxylic acids is 1. The summed E-state index contributed by atoms with van der Waals surface area (Å²) in [6, 6.07) is 23.9. The number of hydrogen-bond acceptors (Lipinski definition) is 1. The highest BCUT2D eigenvalue weighted by molar-refractivity contribution is 5.96. The Bertz CT molecular complexity index is 795. The SMILES string of the molecule is O=C(CCc1ccccc1)c1ccc(-c2ccccc2)c(F)c1. The lowest BCUT2D eigenvalue weighted by Crippen LogP contribution is -2.02. The van der Waals surface area contributed by atoms with E-state index < -0.39 is 0 Å². The van der Waals surface area contributed by atoms with Crippen molar-refractivity contribution in [1.29, 1.82) is 0 Å². The van der Waals surface area contributed by atoms with Crippen LogP contribution in [0.2, 0.25) is 0 Å². The van der Waals surface area contributed by atoms with E-state index in [0.29, 0.717) is 24.0 Å². The van der Waals surface area contributed by atoms with Crippen molar-refractivity contribution in [2.75, 3.05) is 0 Å². The molecule has 0 N–H and O–H groups in total. The summed E-state index contributed by atoms with van der Waals surface area (Å²) in [6.45, 7) is 0. The number of rotatable bonds is 5. The van der Waals surface area contributed by atoms with E-state index in [2.05, 4.69) is 0 Å². The highest BCUT2D eigenvalue weighted by Crippen LogP contribution is 2.24.